The molecule has 152 valence electrons. The van der Waals surface area contributed by atoms with E-state index in [4.69, 9.17) is 34.8 Å². The van der Waals surface area contributed by atoms with Crippen LogP contribution in [0.3, 0.4) is 0 Å². The van der Waals surface area contributed by atoms with Gasteiger partial charge < -0.3 is 0 Å². The van der Waals surface area contributed by atoms with Crippen LogP contribution in [-0.4, -0.2) is 5.51 Å². The van der Waals surface area contributed by atoms with E-state index in [0.717, 1.165) is 0 Å². The highest BCUT2D eigenvalue weighted by atomic mass is 35.5. The van der Waals surface area contributed by atoms with Gasteiger partial charge in [-0.25, -0.2) is 0 Å². The lowest BCUT2D eigenvalue weighted by Crippen LogP contribution is -2.00. The van der Waals surface area contributed by atoms with Gasteiger partial charge >= 0.3 is 5.51 Å². The molecular weight excluding hydrogens is 472 g/mol. The maximum atomic E-state index is 13.5. The molecule has 4 rings (SSSR count). The Morgan fingerprint density at radius 2 is 1.27 bits per heavy atom. The Morgan fingerprint density at radius 1 is 0.733 bits per heavy atom. The maximum absolute atomic E-state index is 13.5. The number of alkyl halides is 3. The minimum atomic E-state index is -4.46. The molecule has 1 aliphatic carbocycles. The number of allylic oxidation sites excluding steroid dienone is 2. The van der Waals surface area contributed by atoms with E-state index in [1.54, 1.807) is 72.8 Å². The van der Waals surface area contributed by atoms with Crippen LogP contribution >= 0.6 is 46.6 Å². The van der Waals surface area contributed by atoms with E-state index in [0.29, 0.717) is 48.5 Å². The molecule has 0 bridgehead atoms. The van der Waals surface area contributed by atoms with Crippen LogP contribution in [0.4, 0.5) is 13.2 Å². The topological polar surface area (TPSA) is 0 Å². The first-order valence-electron chi connectivity index (χ1n) is 8.76. The second-order valence-corrected chi connectivity index (χ2v) is 8.83. The third-order valence-electron chi connectivity index (χ3n) is 4.59. The number of rotatable bonds is 3. The smallest absolute Gasteiger partial charge is 0.160 e. The summed E-state index contributed by atoms with van der Waals surface area (Å²) in [6.45, 7) is 0. The van der Waals surface area contributed by atoms with E-state index in [-0.39, 0.29) is 16.7 Å². The lowest BCUT2D eigenvalue weighted by Gasteiger charge is -2.14. The number of fused-ring (bicyclic) bond motifs is 1. The van der Waals surface area contributed by atoms with E-state index in [9.17, 15) is 13.2 Å². The van der Waals surface area contributed by atoms with E-state index >= 15 is 0 Å². The molecule has 0 unspecified atom stereocenters. The van der Waals surface area contributed by atoms with Crippen molar-refractivity contribution in [1.29, 1.82) is 0 Å². The molecule has 0 spiro atoms. The Labute approximate surface area is 191 Å². The van der Waals surface area contributed by atoms with Crippen molar-refractivity contribution in [2.24, 2.45) is 0 Å². The molecule has 0 radical (unpaired) electrons. The summed E-state index contributed by atoms with van der Waals surface area (Å²) in [5.41, 5.74) is -1.08. The third kappa shape index (κ3) is 4.28. The van der Waals surface area contributed by atoms with Crippen molar-refractivity contribution in [3.8, 4) is 0 Å². The molecule has 3 aromatic carbocycles. The van der Waals surface area contributed by atoms with Crippen molar-refractivity contribution in [3.05, 3.63) is 105 Å². The van der Waals surface area contributed by atoms with Crippen LogP contribution in [0.2, 0.25) is 10.0 Å². The highest BCUT2D eigenvalue weighted by Crippen LogP contribution is 2.57. The van der Waals surface area contributed by atoms with Crippen LogP contribution < -0.4 is 0 Å². The Kier molecular flexibility index (Phi) is 5.95. The van der Waals surface area contributed by atoms with Gasteiger partial charge in [-0.3, -0.25) is 0 Å². The van der Waals surface area contributed by atoms with Crippen molar-refractivity contribution < 1.29 is 13.2 Å². The molecule has 0 atom stereocenters. The quantitative estimate of drug-likeness (QED) is 0.358. The molecule has 1 aliphatic rings. The summed E-state index contributed by atoms with van der Waals surface area (Å²) < 4.78 is 40.5. The number of benzene rings is 3. The van der Waals surface area contributed by atoms with E-state index in [1.807, 2.05) is 0 Å². The normalized spacial score (nSPS) is 15.4. The number of hydrogen-bond donors (Lipinski definition) is 0. The zero-order chi connectivity index (χ0) is 21.5. The first-order valence-corrected chi connectivity index (χ1v) is 10.7. The highest BCUT2D eigenvalue weighted by Gasteiger charge is 2.38. The molecule has 0 nitrogen and oxygen atoms in total. The molecule has 0 heterocycles. The Balaban J connectivity index is 2.04. The first-order chi connectivity index (χ1) is 14.2. The molecule has 7 heteroatoms. The fourth-order valence-corrected chi connectivity index (χ4v) is 4.78. The number of hydrogen-bond acceptors (Lipinski definition) is 1. The maximum Gasteiger partial charge on any atom is 0.446 e. The van der Waals surface area contributed by atoms with Gasteiger partial charge in [0.05, 0.1) is 5.03 Å². The average molecular weight is 484 g/mol. The molecule has 0 aromatic heterocycles. The largest absolute Gasteiger partial charge is 0.446 e. The molecular formula is C23H12Cl3F3S. The second kappa shape index (κ2) is 8.35. The summed E-state index contributed by atoms with van der Waals surface area (Å²) in [5, 5.41) is 1.39. The summed E-state index contributed by atoms with van der Waals surface area (Å²) in [6, 6.07) is 20.5. The average Bonchev–Trinajstić information content (AvgIpc) is 3.01. The van der Waals surface area contributed by atoms with Gasteiger partial charge in [-0.15, -0.1) is 0 Å². The summed E-state index contributed by atoms with van der Waals surface area (Å²) >= 11 is 18.6. The van der Waals surface area contributed by atoms with Gasteiger partial charge in [0.1, 0.15) is 0 Å². The van der Waals surface area contributed by atoms with Gasteiger partial charge in [-0.1, -0.05) is 83.3 Å². The van der Waals surface area contributed by atoms with Gasteiger partial charge in [0.2, 0.25) is 0 Å². The highest BCUT2D eigenvalue weighted by molar-refractivity contribution is 8.09. The van der Waals surface area contributed by atoms with Gasteiger partial charge in [-0.05, 0) is 58.3 Å². The predicted octanol–water partition coefficient (Wildman–Crippen LogP) is 9.24. The molecule has 0 saturated heterocycles. The van der Waals surface area contributed by atoms with E-state index in [2.05, 4.69) is 0 Å². The molecule has 30 heavy (non-hydrogen) atoms. The lowest BCUT2D eigenvalue weighted by atomic mass is 9.95. The van der Waals surface area contributed by atoms with Crippen LogP contribution in [0, 0.1) is 0 Å². The third-order valence-corrected chi connectivity index (χ3v) is 6.36. The fraction of sp³-hybridized carbons (Fsp3) is 0.0435. The Hall–Kier alpha value is -1.85. The van der Waals surface area contributed by atoms with Crippen molar-refractivity contribution in [3.63, 3.8) is 0 Å². The summed E-state index contributed by atoms with van der Waals surface area (Å²) in [6.07, 6.45) is 0. The van der Waals surface area contributed by atoms with Crippen LogP contribution in [0.1, 0.15) is 22.3 Å². The molecule has 0 fully saturated rings. The van der Waals surface area contributed by atoms with E-state index < -0.39 is 5.51 Å². The van der Waals surface area contributed by atoms with Gasteiger partial charge in [0.15, 0.2) is 0 Å². The van der Waals surface area contributed by atoms with Gasteiger partial charge in [0.25, 0.3) is 0 Å². The van der Waals surface area contributed by atoms with Crippen LogP contribution in [0.25, 0.3) is 21.1 Å². The van der Waals surface area contributed by atoms with Crippen LogP contribution in [-0.2, 0) is 0 Å². The van der Waals surface area contributed by atoms with Crippen molar-refractivity contribution in [2.45, 2.75) is 5.51 Å². The van der Waals surface area contributed by atoms with Crippen molar-refractivity contribution in [1.82, 2.24) is 0 Å². The summed E-state index contributed by atoms with van der Waals surface area (Å²) in [4.78, 5) is 0.113. The monoisotopic (exact) mass is 482 g/mol. The summed E-state index contributed by atoms with van der Waals surface area (Å²) in [5.74, 6) is 0. The van der Waals surface area contributed by atoms with E-state index in [1.165, 1.54) is 0 Å². The Morgan fingerprint density at radius 3 is 1.83 bits per heavy atom. The molecule has 0 N–H and O–H groups in total. The lowest BCUT2D eigenvalue weighted by molar-refractivity contribution is -0.0317. The number of thioether (sulfide) groups is 1. The predicted molar refractivity (Wildman–Crippen MR) is 122 cm³/mol. The zero-order valence-corrected chi connectivity index (χ0v) is 18.2. The van der Waals surface area contributed by atoms with Crippen molar-refractivity contribution in [2.75, 3.05) is 0 Å². The molecule has 0 amide bonds. The van der Waals surface area contributed by atoms with Crippen LogP contribution in [0.5, 0.6) is 0 Å². The molecule has 0 saturated carbocycles. The van der Waals surface area contributed by atoms with Gasteiger partial charge in [-0.2, -0.15) is 13.2 Å². The SMILES string of the molecule is FC(F)(F)SC1=C(c2ccc(Cl)cc2)/C(=C(\Cl)c2ccc(Cl)cc2)c2ccccc21. The van der Waals surface area contributed by atoms with Gasteiger partial charge in [0, 0.05) is 26.1 Å². The molecule has 0 aliphatic heterocycles. The second-order valence-electron chi connectivity index (χ2n) is 6.50. The first kappa shape index (κ1) is 21.4. The standard InChI is InChI=1S/C23H12Cl3F3S/c24-15-9-5-13(6-10-15)19-20(21(26)14-7-11-16(25)12-8-14)17-3-1-2-4-18(17)22(19)30-23(27,28)29/h1-12H/b21-20-. The number of halogens is 6. The fourth-order valence-electron chi connectivity index (χ4n) is 3.36. The Bertz CT molecular complexity index is 1160. The summed E-state index contributed by atoms with van der Waals surface area (Å²) in [7, 11) is 0. The van der Waals surface area contributed by atoms with Crippen molar-refractivity contribution >= 4 is 67.6 Å². The van der Waals surface area contributed by atoms with Crippen LogP contribution in [0.15, 0.2) is 72.8 Å². The zero-order valence-electron chi connectivity index (χ0n) is 15.1. The minimum absolute atomic E-state index is 0.113. The molecule has 3 aromatic rings. The minimum Gasteiger partial charge on any atom is -0.160 e.